The predicted molar refractivity (Wildman–Crippen MR) is 137 cm³/mol. The molecule has 7 nitrogen and oxygen atoms in total. The third-order valence-electron chi connectivity index (χ3n) is 6.05. The average molecular weight is 529 g/mol. The molecule has 1 amide bonds. The van der Waals surface area contributed by atoms with Crippen molar-refractivity contribution in [1.29, 1.82) is 0 Å². The van der Waals surface area contributed by atoms with Crippen LogP contribution in [0.4, 0.5) is 0 Å². The van der Waals surface area contributed by atoms with E-state index in [1.165, 1.54) is 0 Å². The normalized spacial score (nSPS) is 15.1. The Labute approximate surface area is 219 Å². The van der Waals surface area contributed by atoms with Crippen molar-refractivity contribution in [3.8, 4) is 11.5 Å². The molecule has 4 rings (SSSR count). The van der Waals surface area contributed by atoms with Gasteiger partial charge in [0.15, 0.2) is 6.61 Å². The summed E-state index contributed by atoms with van der Waals surface area (Å²) in [6.45, 7) is 2.62. The fourth-order valence-corrected chi connectivity index (χ4v) is 4.44. The Morgan fingerprint density at radius 2 is 1.81 bits per heavy atom. The third-order valence-corrected chi connectivity index (χ3v) is 6.73. The first-order valence-electron chi connectivity index (χ1n) is 11.6. The van der Waals surface area contributed by atoms with Gasteiger partial charge in [0, 0.05) is 23.0 Å². The van der Waals surface area contributed by atoms with Crippen LogP contribution in [0.15, 0.2) is 54.6 Å². The van der Waals surface area contributed by atoms with E-state index in [0.717, 1.165) is 18.4 Å². The highest BCUT2D eigenvalue weighted by Gasteiger charge is 2.31. The van der Waals surface area contributed by atoms with Crippen LogP contribution in [0.2, 0.25) is 10.0 Å². The van der Waals surface area contributed by atoms with Gasteiger partial charge in [-0.15, -0.1) is 0 Å². The van der Waals surface area contributed by atoms with Gasteiger partial charge in [0.25, 0.3) is 5.91 Å². The number of carboxylic acid groups (broad SMARTS) is 1. The SMILES string of the molecule is Cc1cc(OCCc2nc(C3CCCN3C(=O)COc3ccc(Cl)cc3)ccc2C(=O)O)ccc1Cl. The summed E-state index contributed by atoms with van der Waals surface area (Å²) in [5.74, 6) is 0.00504. The van der Waals surface area contributed by atoms with Crippen LogP contribution in [-0.2, 0) is 11.2 Å². The summed E-state index contributed by atoms with van der Waals surface area (Å²) in [4.78, 5) is 31.1. The molecule has 0 bridgehead atoms. The fraction of sp³-hybridized carbons (Fsp3) is 0.296. The largest absolute Gasteiger partial charge is 0.493 e. The Morgan fingerprint density at radius 3 is 2.53 bits per heavy atom. The van der Waals surface area contributed by atoms with E-state index in [-0.39, 0.29) is 30.7 Å². The number of carbonyl (C=O) groups excluding carboxylic acids is 1. The lowest BCUT2D eigenvalue weighted by molar-refractivity contribution is -0.134. The van der Waals surface area contributed by atoms with E-state index in [1.807, 2.05) is 13.0 Å². The molecule has 2 heterocycles. The molecule has 1 fully saturated rings. The molecule has 3 aromatic rings. The maximum atomic E-state index is 12.9. The van der Waals surface area contributed by atoms with Gasteiger partial charge in [0.05, 0.1) is 29.6 Å². The van der Waals surface area contributed by atoms with E-state index in [9.17, 15) is 14.7 Å². The van der Waals surface area contributed by atoms with Crippen molar-refractivity contribution < 1.29 is 24.2 Å². The highest BCUT2D eigenvalue weighted by molar-refractivity contribution is 6.31. The van der Waals surface area contributed by atoms with Crippen LogP contribution in [0.3, 0.4) is 0 Å². The van der Waals surface area contributed by atoms with Crippen molar-refractivity contribution in [2.45, 2.75) is 32.2 Å². The highest BCUT2D eigenvalue weighted by Crippen LogP contribution is 2.32. The Bertz CT molecular complexity index is 1250. The molecule has 1 saturated heterocycles. The third kappa shape index (κ3) is 6.28. The summed E-state index contributed by atoms with van der Waals surface area (Å²) >= 11 is 12.0. The Kier molecular flexibility index (Phi) is 8.33. The molecule has 0 saturated carbocycles. The number of amides is 1. The van der Waals surface area contributed by atoms with Gasteiger partial charge in [0.1, 0.15) is 11.5 Å². The number of carbonyl (C=O) groups is 2. The number of aromatic carboxylic acids is 1. The summed E-state index contributed by atoms with van der Waals surface area (Å²) in [7, 11) is 0. The van der Waals surface area contributed by atoms with E-state index in [1.54, 1.807) is 53.4 Å². The molecule has 188 valence electrons. The smallest absolute Gasteiger partial charge is 0.337 e. The van der Waals surface area contributed by atoms with Crippen molar-refractivity contribution in [2.24, 2.45) is 0 Å². The second-order valence-corrected chi connectivity index (χ2v) is 9.38. The van der Waals surface area contributed by atoms with E-state index in [4.69, 9.17) is 32.7 Å². The minimum absolute atomic E-state index is 0.105. The first-order chi connectivity index (χ1) is 17.3. The van der Waals surface area contributed by atoms with E-state index < -0.39 is 5.97 Å². The fourth-order valence-electron chi connectivity index (χ4n) is 4.19. The molecule has 1 aromatic heterocycles. The Morgan fingerprint density at radius 1 is 1.06 bits per heavy atom. The minimum atomic E-state index is -1.05. The Hall–Kier alpha value is -3.29. The van der Waals surface area contributed by atoms with Crippen molar-refractivity contribution in [3.63, 3.8) is 0 Å². The van der Waals surface area contributed by atoms with Gasteiger partial charge in [0.2, 0.25) is 0 Å². The molecule has 1 N–H and O–H groups in total. The maximum Gasteiger partial charge on any atom is 0.337 e. The molecular formula is C27H26Cl2N2O5. The van der Waals surface area contributed by atoms with Crippen LogP contribution in [0.1, 0.15) is 46.2 Å². The molecule has 9 heteroatoms. The predicted octanol–water partition coefficient (Wildman–Crippen LogP) is 5.76. The summed E-state index contributed by atoms with van der Waals surface area (Å²) < 4.78 is 11.4. The van der Waals surface area contributed by atoms with Crippen LogP contribution < -0.4 is 9.47 Å². The number of hydrogen-bond acceptors (Lipinski definition) is 5. The molecule has 0 radical (unpaired) electrons. The zero-order chi connectivity index (χ0) is 25.7. The van der Waals surface area contributed by atoms with Gasteiger partial charge >= 0.3 is 5.97 Å². The van der Waals surface area contributed by atoms with Gasteiger partial charge in [-0.2, -0.15) is 0 Å². The van der Waals surface area contributed by atoms with Crippen molar-refractivity contribution in [3.05, 3.63) is 87.2 Å². The molecule has 1 aliphatic heterocycles. The molecule has 0 aliphatic carbocycles. The number of benzene rings is 2. The topological polar surface area (TPSA) is 89.0 Å². The highest BCUT2D eigenvalue weighted by atomic mass is 35.5. The van der Waals surface area contributed by atoms with Crippen molar-refractivity contribution in [2.75, 3.05) is 19.8 Å². The van der Waals surface area contributed by atoms with Gasteiger partial charge in [-0.05, 0) is 79.9 Å². The van der Waals surface area contributed by atoms with Gasteiger partial charge in [-0.1, -0.05) is 23.2 Å². The lowest BCUT2D eigenvalue weighted by Gasteiger charge is -2.25. The zero-order valence-corrected chi connectivity index (χ0v) is 21.3. The molecule has 1 aliphatic rings. The van der Waals surface area contributed by atoms with Crippen molar-refractivity contribution >= 4 is 35.1 Å². The second kappa shape index (κ2) is 11.6. The Balaban J connectivity index is 1.44. The summed E-state index contributed by atoms with van der Waals surface area (Å²) in [6, 6.07) is 15.2. The lowest BCUT2D eigenvalue weighted by Crippen LogP contribution is -2.35. The average Bonchev–Trinajstić information content (AvgIpc) is 3.36. The summed E-state index contributed by atoms with van der Waals surface area (Å²) in [5, 5.41) is 10.9. The van der Waals surface area contributed by atoms with Gasteiger partial charge < -0.3 is 19.5 Å². The number of nitrogens with zero attached hydrogens (tertiary/aromatic N) is 2. The minimum Gasteiger partial charge on any atom is -0.493 e. The van der Waals surface area contributed by atoms with Gasteiger partial charge in [-0.3, -0.25) is 9.78 Å². The van der Waals surface area contributed by atoms with E-state index in [2.05, 4.69) is 4.98 Å². The molecule has 2 aromatic carbocycles. The number of carboxylic acids is 1. The van der Waals surface area contributed by atoms with Crippen LogP contribution in [-0.4, -0.2) is 46.6 Å². The first-order valence-corrected chi connectivity index (χ1v) is 12.4. The quantitative estimate of drug-likeness (QED) is 0.379. The summed E-state index contributed by atoms with van der Waals surface area (Å²) in [6.07, 6.45) is 1.87. The van der Waals surface area contributed by atoms with Crippen LogP contribution in [0.25, 0.3) is 0 Å². The number of aromatic nitrogens is 1. The molecule has 0 spiro atoms. The van der Waals surface area contributed by atoms with Crippen LogP contribution in [0.5, 0.6) is 11.5 Å². The van der Waals surface area contributed by atoms with Crippen molar-refractivity contribution in [1.82, 2.24) is 9.88 Å². The van der Waals surface area contributed by atoms with Crippen LogP contribution >= 0.6 is 23.2 Å². The van der Waals surface area contributed by atoms with E-state index >= 15 is 0 Å². The number of rotatable bonds is 9. The molecule has 36 heavy (non-hydrogen) atoms. The number of ether oxygens (including phenoxy) is 2. The number of aryl methyl sites for hydroxylation is 1. The number of halogens is 2. The monoisotopic (exact) mass is 528 g/mol. The number of likely N-dealkylation sites (tertiary alicyclic amines) is 1. The number of pyridine rings is 1. The van der Waals surface area contributed by atoms with Gasteiger partial charge in [-0.25, -0.2) is 4.79 Å². The van der Waals surface area contributed by atoms with Crippen LogP contribution in [0, 0.1) is 6.92 Å². The lowest BCUT2D eigenvalue weighted by atomic mass is 10.1. The standard InChI is InChI=1S/C27H26Cl2N2O5/c1-17-15-20(8-10-22(17)29)35-14-12-23-21(27(33)34)9-11-24(30-23)25-3-2-13-31(25)26(32)16-36-19-6-4-18(28)5-7-19/h4-11,15,25H,2-3,12-14,16H2,1H3,(H,33,34). The second-order valence-electron chi connectivity index (χ2n) is 8.53. The summed E-state index contributed by atoms with van der Waals surface area (Å²) in [5.41, 5.74) is 2.10. The van der Waals surface area contributed by atoms with E-state index in [0.29, 0.717) is 45.9 Å². The molecule has 1 atom stereocenters. The maximum absolute atomic E-state index is 12.9. The molecular weight excluding hydrogens is 503 g/mol. The number of hydrogen-bond donors (Lipinski definition) is 1. The first kappa shape index (κ1) is 25.8. The zero-order valence-electron chi connectivity index (χ0n) is 19.7. The molecule has 1 unspecified atom stereocenters.